The monoisotopic (exact) mass is 479 g/mol. The summed E-state index contributed by atoms with van der Waals surface area (Å²) in [5.74, 6) is -0.873. The van der Waals surface area contributed by atoms with Crippen LogP contribution in [-0.2, 0) is 27.2 Å². The van der Waals surface area contributed by atoms with Crippen LogP contribution in [0.2, 0.25) is 0 Å². The van der Waals surface area contributed by atoms with Crippen LogP contribution in [0.5, 0.6) is 0 Å². The molecule has 1 aliphatic rings. The number of carbonyl (C=O) groups is 3. The minimum absolute atomic E-state index is 0.0477. The molecule has 36 heavy (non-hydrogen) atoms. The maximum Gasteiger partial charge on any atom is 0.242 e. The lowest BCUT2D eigenvalue weighted by Crippen LogP contribution is -2.51. The number of fused-ring (bicyclic) bond motifs is 2. The summed E-state index contributed by atoms with van der Waals surface area (Å²) in [5, 5.41) is 4.39. The Balaban J connectivity index is 1.28. The molecule has 0 radical (unpaired) electrons. The number of nitrogens with two attached hydrogens (primary N) is 1. The van der Waals surface area contributed by atoms with Crippen molar-refractivity contribution in [1.82, 2.24) is 9.80 Å². The molecule has 1 unspecified atom stereocenters. The van der Waals surface area contributed by atoms with Crippen molar-refractivity contribution in [2.75, 3.05) is 19.6 Å². The molecule has 5 rings (SSSR count). The third kappa shape index (κ3) is 5.08. The van der Waals surface area contributed by atoms with Gasteiger partial charge in [-0.25, -0.2) is 0 Å². The molecule has 1 heterocycles. The van der Waals surface area contributed by atoms with Gasteiger partial charge in [-0.1, -0.05) is 84.9 Å². The van der Waals surface area contributed by atoms with Crippen LogP contribution < -0.4 is 5.73 Å². The molecule has 6 nitrogen and oxygen atoms in total. The topological polar surface area (TPSA) is 83.7 Å². The zero-order valence-corrected chi connectivity index (χ0v) is 20.1. The van der Waals surface area contributed by atoms with Gasteiger partial charge in [0, 0.05) is 19.5 Å². The minimum atomic E-state index is -0.755. The van der Waals surface area contributed by atoms with E-state index in [4.69, 9.17) is 5.73 Å². The van der Waals surface area contributed by atoms with Crippen LogP contribution in [0.1, 0.15) is 17.5 Å². The van der Waals surface area contributed by atoms with E-state index in [0.29, 0.717) is 25.9 Å². The molecule has 0 aliphatic carbocycles. The molecule has 182 valence electrons. The summed E-state index contributed by atoms with van der Waals surface area (Å²) in [4.78, 5) is 41.9. The van der Waals surface area contributed by atoms with Gasteiger partial charge in [-0.15, -0.1) is 0 Å². The molecular weight excluding hydrogens is 450 g/mol. The molecule has 6 heteroatoms. The Hall–Kier alpha value is -4.19. The van der Waals surface area contributed by atoms with Crippen molar-refractivity contribution in [2.24, 2.45) is 5.73 Å². The molecule has 0 bridgehead atoms. The van der Waals surface area contributed by atoms with Crippen LogP contribution in [-0.4, -0.2) is 53.2 Å². The van der Waals surface area contributed by atoms with Crippen LogP contribution in [0.15, 0.2) is 84.9 Å². The fraction of sp³-hybridized carbons (Fsp3) is 0.233. The number of hydrogen-bond donors (Lipinski definition) is 1. The summed E-state index contributed by atoms with van der Waals surface area (Å²) < 4.78 is 0. The van der Waals surface area contributed by atoms with E-state index in [1.54, 1.807) is 9.80 Å². The van der Waals surface area contributed by atoms with Gasteiger partial charge < -0.3 is 15.5 Å². The van der Waals surface area contributed by atoms with Crippen LogP contribution in [0.3, 0.4) is 0 Å². The van der Waals surface area contributed by atoms with Gasteiger partial charge in [0.25, 0.3) is 0 Å². The van der Waals surface area contributed by atoms with Crippen LogP contribution in [0.4, 0.5) is 0 Å². The average molecular weight is 480 g/mol. The van der Waals surface area contributed by atoms with Crippen LogP contribution in [0, 0.1) is 0 Å². The summed E-state index contributed by atoms with van der Waals surface area (Å²) in [6.45, 7) is 0.809. The van der Waals surface area contributed by atoms with E-state index >= 15 is 0 Å². The largest absolute Gasteiger partial charge is 0.368 e. The second kappa shape index (κ2) is 10.2. The van der Waals surface area contributed by atoms with Crippen molar-refractivity contribution in [2.45, 2.75) is 25.3 Å². The number of hydrogen-bond acceptors (Lipinski definition) is 3. The van der Waals surface area contributed by atoms with Gasteiger partial charge in [-0.3, -0.25) is 14.4 Å². The predicted octanol–water partition coefficient (Wildman–Crippen LogP) is 3.69. The SMILES string of the molecule is NC(=O)C(Cc1ccc2ccccc2c1)N1CCCN(C(=O)Cc2ccc3ccccc3c2)CC1=O. The highest BCUT2D eigenvalue weighted by molar-refractivity contribution is 5.91. The van der Waals surface area contributed by atoms with E-state index < -0.39 is 11.9 Å². The molecule has 0 saturated carbocycles. The first-order valence-corrected chi connectivity index (χ1v) is 12.3. The van der Waals surface area contributed by atoms with Crippen molar-refractivity contribution >= 4 is 39.3 Å². The van der Waals surface area contributed by atoms with Crippen molar-refractivity contribution in [3.05, 3.63) is 96.1 Å². The Labute approximate surface area is 210 Å². The molecule has 4 aromatic rings. The molecule has 3 amide bonds. The highest BCUT2D eigenvalue weighted by Gasteiger charge is 2.32. The van der Waals surface area contributed by atoms with E-state index in [0.717, 1.165) is 32.7 Å². The normalized spacial score (nSPS) is 15.2. The third-order valence-corrected chi connectivity index (χ3v) is 6.94. The second-order valence-corrected chi connectivity index (χ2v) is 9.42. The van der Waals surface area contributed by atoms with Crippen molar-refractivity contribution < 1.29 is 14.4 Å². The Bertz CT molecular complexity index is 1450. The van der Waals surface area contributed by atoms with E-state index in [1.165, 1.54) is 0 Å². The van der Waals surface area contributed by atoms with Crippen LogP contribution >= 0.6 is 0 Å². The Morgan fingerprint density at radius 1 is 0.778 bits per heavy atom. The van der Waals surface area contributed by atoms with E-state index in [2.05, 4.69) is 0 Å². The first kappa shape index (κ1) is 23.5. The predicted molar refractivity (Wildman–Crippen MR) is 141 cm³/mol. The lowest BCUT2D eigenvalue weighted by atomic mass is 10.00. The van der Waals surface area contributed by atoms with Gasteiger partial charge >= 0.3 is 0 Å². The van der Waals surface area contributed by atoms with Gasteiger partial charge in [-0.05, 0) is 39.1 Å². The fourth-order valence-corrected chi connectivity index (χ4v) is 5.02. The molecule has 1 saturated heterocycles. The maximum absolute atomic E-state index is 13.2. The lowest BCUT2D eigenvalue weighted by molar-refractivity contribution is -0.142. The zero-order valence-electron chi connectivity index (χ0n) is 20.1. The average Bonchev–Trinajstić information content (AvgIpc) is 3.08. The Kier molecular flexibility index (Phi) is 6.67. The van der Waals surface area contributed by atoms with Crippen molar-refractivity contribution in [1.29, 1.82) is 0 Å². The Morgan fingerprint density at radius 3 is 2.00 bits per heavy atom. The molecule has 1 aliphatic heterocycles. The lowest BCUT2D eigenvalue weighted by Gasteiger charge is -2.29. The summed E-state index contributed by atoms with van der Waals surface area (Å²) >= 11 is 0. The Morgan fingerprint density at radius 2 is 1.36 bits per heavy atom. The fourth-order valence-electron chi connectivity index (χ4n) is 5.02. The smallest absolute Gasteiger partial charge is 0.242 e. The molecule has 4 aromatic carbocycles. The first-order valence-electron chi connectivity index (χ1n) is 12.3. The summed E-state index contributed by atoms with van der Waals surface area (Å²) in [6.07, 6.45) is 1.17. The summed E-state index contributed by atoms with van der Waals surface area (Å²) in [6, 6.07) is 27.3. The summed E-state index contributed by atoms with van der Waals surface area (Å²) in [7, 11) is 0. The van der Waals surface area contributed by atoms with Crippen molar-refractivity contribution in [3.8, 4) is 0 Å². The molecule has 1 atom stereocenters. The second-order valence-electron chi connectivity index (χ2n) is 9.42. The standard InChI is InChI=1S/C30H29N3O3/c31-30(36)27(18-21-10-12-23-6-1-3-8-25(23)16-21)33-15-5-14-32(20-29(33)35)28(34)19-22-11-13-24-7-2-4-9-26(24)17-22/h1-4,6-13,16-17,27H,5,14-15,18-20H2,(H2,31,36). The van der Waals surface area contributed by atoms with Gasteiger partial charge in [-0.2, -0.15) is 0 Å². The molecule has 1 fully saturated rings. The number of amides is 3. The number of rotatable bonds is 6. The van der Waals surface area contributed by atoms with E-state index in [9.17, 15) is 14.4 Å². The number of nitrogens with zero attached hydrogens (tertiary/aromatic N) is 2. The quantitative estimate of drug-likeness (QED) is 0.458. The maximum atomic E-state index is 13.2. The molecule has 0 spiro atoms. The molecule has 2 N–H and O–H groups in total. The van der Waals surface area contributed by atoms with Crippen LogP contribution in [0.25, 0.3) is 21.5 Å². The zero-order chi connectivity index (χ0) is 25.1. The highest BCUT2D eigenvalue weighted by Crippen LogP contribution is 2.20. The van der Waals surface area contributed by atoms with E-state index in [1.807, 2.05) is 84.9 Å². The number of benzene rings is 4. The number of primary amides is 1. The third-order valence-electron chi connectivity index (χ3n) is 6.94. The highest BCUT2D eigenvalue weighted by atomic mass is 16.2. The molecular formula is C30H29N3O3. The van der Waals surface area contributed by atoms with Gasteiger partial charge in [0.15, 0.2) is 0 Å². The van der Waals surface area contributed by atoms with Gasteiger partial charge in [0.05, 0.1) is 13.0 Å². The van der Waals surface area contributed by atoms with Crippen molar-refractivity contribution in [3.63, 3.8) is 0 Å². The van der Waals surface area contributed by atoms with Gasteiger partial charge in [0.1, 0.15) is 6.04 Å². The van der Waals surface area contributed by atoms with E-state index in [-0.39, 0.29) is 24.8 Å². The first-order chi connectivity index (χ1) is 17.5. The summed E-state index contributed by atoms with van der Waals surface area (Å²) in [5.41, 5.74) is 7.63. The van der Waals surface area contributed by atoms with Gasteiger partial charge in [0.2, 0.25) is 17.7 Å². The number of carbonyl (C=O) groups excluding carboxylic acids is 3. The minimum Gasteiger partial charge on any atom is -0.368 e. The molecule has 0 aromatic heterocycles.